The molecule has 1 heterocycles. The molecule has 0 aliphatic carbocycles. The molecule has 132 valence electrons. The molecule has 0 unspecified atom stereocenters. The lowest BCUT2D eigenvalue weighted by atomic mass is 10.1. The third kappa shape index (κ3) is 4.04. The number of esters is 1. The maximum Gasteiger partial charge on any atom is 0.311 e. The van der Waals surface area contributed by atoms with Crippen LogP contribution in [0, 0.1) is 17.2 Å². The maximum atomic E-state index is 12.3. The van der Waals surface area contributed by atoms with E-state index in [0.29, 0.717) is 29.2 Å². The van der Waals surface area contributed by atoms with Crippen LogP contribution in [0.25, 0.3) is 0 Å². The van der Waals surface area contributed by atoms with E-state index in [1.54, 1.807) is 35.2 Å². The van der Waals surface area contributed by atoms with Crippen molar-refractivity contribution in [1.82, 2.24) is 4.90 Å². The first kappa shape index (κ1) is 18.0. The molecule has 1 aliphatic heterocycles. The van der Waals surface area contributed by atoms with Gasteiger partial charge in [-0.3, -0.25) is 9.59 Å². The molecule has 6 heteroatoms. The molecule has 1 fully saturated rings. The molecule has 1 saturated heterocycles. The van der Waals surface area contributed by atoms with Crippen molar-refractivity contribution < 1.29 is 14.3 Å². The molecule has 26 heavy (non-hydrogen) atoms. The number of likely N-dealkylation sites (tertiary alicyclic amines) is 1. The molecule has 0 bridgehead atoms. The van der Waals surface area contributed by atoms with Gasteiger partial charge in [-0.15, -0.1) is 0 Å². The van der Waals surface area contributed by atoms with Crippen LogP contribution in [0.15, 0.2) is 48.5 Å². The van der Waals surface area contributed by atoms with Crippen LogP contribution < -0.4 is 0 Å². The molecule has 1 atom stereocenters. The summed E-state index contributed by atoms with van der Waals surface area (Å²) in [6.07, 6.45) is 0.128. The van der Waals surface area contributed by atoms with Crippen molar-refractivity contribution in [1.29, 1.82) is 5.26 Å². The maximum absolute atomic E-state index is 12.3. The monoisotopic (exact) mass is 368 g/mol. The number of carbonyl (C=O) groups excluding carboxylic acids is 2. The van der Waals surface area contributed by atoms with Gasteiger partial charge in [0.1, 0.15) is 6.61 Å². The fourth-order valence-corrected chi connectivity index (χ4v) is 3.13. The summed E-state index contributed by atoms with van der Waals surface area (Å²) < 4.78 is 5.33. The van der Waals surface area contributed by atoms with Gasteiger partial charge in [-0.2, -0.15) is 5.26 Å². The number of halogens is 1. The van der Waals surface area contributed by atoms with E-state index in [2.05, 4.69) is 6.07 Å². The van der Waals surface area contributed by atoms with Crippen LogP contribution in [0.5, 0.6) is 0 Å². The molecule has 0 spiro atoms. The van der Waals surface area contributed by atoms with Crippen molar-refractivity contribution in [2.24, 2.45) is 5.92 Å². The minimum Gasteiger partial charge on any atom is -0.460 e. The zero-order chi connectivity index (χ0) is 18.5. The van der Waals surface area contributed by atoms with E-state index in [0.717, 1.165) is 5.56 Å². The van der Waals surface area contributed by atoms with Gasteiger partial charge in [0.15, 0.2) is 0 Å². The molecule has 5 nitrogen and oxygen atoms in total. The molecule has 0 N–H and O–H groups in total. The molecule has 1 aliphatic rings. The van der Waals surface area contributed by atoms with Gasteiger partial charge in [0.2, 0.25) is 5.91 Å². The van der Waals surface area contributed by atoms with Crippen LogP contribution in [0.2, 0.25) is 5.02 Å². The molecule has 2 aromatic carbocycles. The molecular formula is C20H17ClN2O3. The van der Waals surface area contributed by atoms with E-state index >= 15 is 0 Å². The fourth-order valence-electron chi connectivity index (χ4n) is 2.94. The normalized spacial score (nSPS) is 16.4. The smallest absolute Gasteiger partial charge is 0.311 e. The number of nitriles is 1. The number of ether oxygens (including phenoxy) is 1. The Balaban J connectivity index is 1.59. The van der Waals surface area contributed by atoms with Crippen LogP contribution in [0.1, 0.15) is 23.1 Å². The summed E-state index contributed by atoms with van der Waals surface area (Å²) in [5.74, 6) is -1.02. The topological polar surface area (TPSA) is 70.4 Å². The van der Waals surface area contributed by atoms with Gasteiger partial charge in [-0.1, -0.05) is 48.0 Å². The molecule has 0 aromatic heterocycles. The standard InChI is InChI=1S/C20H17ClN2O3/c21-18-8-4-3-6-15(18)11-23-12-17(9-19(23)24)20(25)26-13-16-7-2-1-5-14(16)10-22/h1-8,17H,9,11-13H2/t17-/m0/s1. The Morgan fingerprint density at radius 2 is 1.88 bits per heavy atom. The first-order valence-electron chi connectivity index (χ1n) is 8.24. The third-order valence-electron chi connectivity index (χ3n) is 4.37. The van der Waals surface area contributed by atoms with Crippen LogP contribution in [-0.2, 0) is 27.5 Å². The summed E-state index contributed by atoms with van der Waals surface area (Å²) in [5, 5.41) is 9.67. The number of hydrogen-bond acceptors (Lipinski definition) is 4. The van der Waals surface area contributed by atoms with Crippen molar-refractivity contribution >= 4 is 23.5 Å². The molecular weight excluding hydrogens is 352 g/mol. The van der Waals surface area contributed by atoms with Gasteiger partial charge in [-0.25, -0.2) is 0 Å². The van der Waals surface area contributed by atoms with E-state index in [1.807, 2.05) is 18.2 Å². The largest absolute Gasteiger partial charge is 0.460 e. The molecule has 3 rings (SSSR count). The Morgan fingerprint density at radius 1 is 1.19 bits per heavy atom. The predicted octanol–water partition coefficient (Wildman–Crippen LogP) is 3.30. The lowest BCUT2D eigenvalue weighted by Gasteiger charge is -2.17. The van der Waals surface area contributed by atoms with Gasteiger partial charge in [-0.05, 0) is 17.7 Å². The van der Waals surface area contributed by atoms with Gasteiger partial charge < -0.3 is 9.64 Å². The SMILES string of the molecule is N#Cc1ccccc1COC(=O)[C@H]1CC(=O)N(Cc2ccccc2Cl)C1. The molecule has 1 amide bonds. The Bertz CT molecular complexity index is 875. The fraction of sp³-hybridized carbons (Fsp3) is 0.250. The highest BCUT2D eigenvalue weighted by atomic mass is 35.5. The van der Waals surface area contributed by atoms with Crippen LogP contribution in [-0.4, -0.2) is 23.3 Å². The predicted molar refractivity (Wildman–Crippen MR) is 95.9 cm³/mol. The van der Waals surface area contributed by atoms with Crippen LogP contribution in [0.4, 0.5) is 0 Å². The van der Waals surface area contributed by atoms with E-state index in [-0.39, 0.29) is 18.9 Å². The van der Waals surface area contributed by atoms with Gasteiger partial charge in [0.05, 0.1) is 17.6 Å². The second kappa shape index (κ2) is 8.03. The quantitative estimate of drug-likeness (QED) is 0.759. The Morgan fingerprint density at radius 3 is 2.62 bits per heavy atom. The average molecular weight is 369 g/mol. The highest BCUT2D eigenvalue weighted by Crippen LogP contribution is 2.24. The number of rotatable bonds is 5. The lowest BCUT2D eigenvalue weighted by Crippen LogP contribution is -2.26. The Hall–Kier alpha value is -2.84. The Kier molecular flexibility index (Phi) is 5.55. The number of hydrogen-bond donors (Lipinski definition) is 0. The van der Waals surface area contributed by atoms with Gasteiger partial charge >= 0.3 is 5.97 Å². The number of amides is 1. The lowest BCUT2D eigenvalue weighted by molar-refractivity contribution is -0.149. The minimum atomic E-state index is -0.501. The average Bonchev–Trinajstić information content (AvgIpc) is 3.02. The van der Waals surface area contributed by atoms with Gasteiger partial charge in [0.25, 0.3) is 0 Å². The van der Waals surface area contributed by atoms with Crippen LogP contribution in [0.3, 0.4) is 0 Å². The van der Waals surface area contributed by atoms with Crippen molar-refractivity contribution in [2.45, 2.75) is 19.6 Å². The summed E-state index contributed by atoms with van der Waals surface area (Å²) in [6, 6.07) is 16.4. The second-order valence-electron chi connectivity index (χ2n) is 6.14. The molecule has 0 radical (unpaired) electrons. The summed E-state index contributed by atoms with van der Waals surface area (Å²) in [6.45, 7) is 0.708. The second-order valence-corrected chi connectivity index (χ2v) is 6.55. The Labute approximate surface area is 156 Å². The summed E-state index contributed by atoms with van der Waals surface area (Å²) in [5.41, 5.74) is 1.98. The summed E-state index contributed by atoms with van der Waals surface area (Å²) in [7, 11) is 0. The third-order valence-corrected chi connectivity index (χ3v) is 4.74. The summed E-state index contributed by atoms with van der Waals surface area (Å²) >= 11 is 6.14. The number of carbonyl (C=O) groups is 2. The summed E-state index contributed by atoms with van der Waals surface area (Å²) in [4.78, 5) is 26.2. The zero-order valence-electron chi connectivity index (χ0n) is 14.0. The number of nitrogens with zero attached hydrogens (tertiary/aromatic N) is 2. The molecule has 2 aromatic rings. The molecule has 0 saturated carbocycles. The zero-order valence-corrected chi connectivity index (χ0v) is 14.8. The van der Waals surface area contributed by atoms with Crippen LogP contribution >= 0.6 is 11.6 Å². The van der Waals surface area contributed by atoms with E-state index in [1.165, 1.54) is 0 Å². The van der Waals surface area contributed by atoms with Crippen molar-refractivity contribution in [3.63, 3.8) is 0 Å². The first-order chi connectivity index (χ1) is 12.6. The van der Waals surface area contributed by atoms with Crippen molar-refractivity contribution in [2.75, 3.05) is 6.54 Å². The first-order valence-corrected chi connectivity index (χ1v) is 8.62. The minimum absolute atomic E-state index is 0.0256. The highest BCUT2D eigenvalue weighted by Gasteiger charge is 2.35. The van der Waals surface area contributed by atoms with E-state index < -0.39 is 11.9 Å². The van der Waals surface area contributed by atoms with Crippen molar-refractivity contribution in [3.8, 4) is 6.07 Å². The van der Waals surface area contributed by atoms with E-state index in [4.69, 9.17) is 21.6 Å². The van der Waals surface area contributed by atoms with Gasteiger partial charge in [0, 0.05) is 30.1 Å². The number of benzene rings is 2. The van der Waals surface area contributed by atoms with Crippen molar-refractivity contribution in [3.05, 3.63) is 70.2 Å². The van der Waals surface area contributed by atoms with E-state index in [9.17, 15) is 9.59 Å². The highest BCUT2D eigenvalue weighted by molar-refractivity contribution is 6.31.